The van der Waals surface area contributed by atoms with E-state index in [-0.39, 0.29) is 23.4 Å². The topological polar surface area (TPSA) is 73.2 Å². The van der Waals surface area contributed by atoms with Crippen LogP contribution in [-0.2, 0) is 11.3 Å². The summed E-state index contributed by atoms with van der Waals surface area (Å²) in [5, 5.41) is 11.7. The van der Waals surface area contributed by atoms with Gasteiger partial charge in [-0.3, -0.25) is 9.59 Å². The highest BCUT2D eigenvalue weighted by Gasteiger charge is 2.17. The van der Waals surface area contributed by atoms with Gasteiger partial charge >= 0.3 is 0 Å². The zero-order valence-corrected chi connectivity index (χ0v) is 17.7. The zero-order chi connectivity index (χ0) is 22.2. The minimum absolute atomic E-state index is 0.114. The van der Waals surface area contributed by atoms with Gasteiger partial charge in [-0.1, -0.05) is 30.3 Å². The van der Waals surface area contributed by atoms with Gasteiger partial charge in [-0.15, -0.1) is 11.8 Å². The summed E-state index contributed by atoms with van der Waals surface area (Å²) in [5.41, 5.74) is 2.33. The molecule has 5 nitrogen and oxygen atoms in total. The predicted octanol–water partition coefficient (Wildman–Crippen LogP) is 4.70. The van der Waals surface area contributed by atoms with Gasteiger partial charge in [0, 0.05) is 24.2 Å². The number of thioether (sulfide) groups is 1. The lowest BCUT2D eigenvalue weighted by Crippen LogP contribution is -2.26. The standard InChI is InChI=1S/C24H20FN3O2S/c1-28(15-17-9-11-19(25)12-10-17)24(30)21-7-2-3-8-22(21)31-16-23(29)27-20-6-4-5-18(13-20)14-26/h2-13H,15-16H2,1H3,(H,27,29). The van der Waals surface area contributed by atoms with E-state index >= 15 is 0 Å². The van der Waals surface area contributed by atoms with E-state index in [1.807, 2.05) is 12.1 Å². The molecule has 0 bridgehead atoms. The van der Waals surface area contributed by atoms with Crippen molar-refractivity contribution in [3.8, 4) is 6.07 Å². The Morgan fingerprint density at radius 2 is 1.81 bits per heavy atom. The summed E-state index contributed by atoms with van der Waals surface area (Å²) < 4.78 is 13.1. The second kappa shape index (κ2) is 10.4. The van der Waals surface area contributed by atoms with Crippen molar-refractivity contribution in [2.45, 2.75) is 11.4 Å². The lowest BCUT2D eigenvalue weighted by molar-refractivity contribution is -0.113. The molecule has 3 aromatic rings. The van der Waals surface area contributed by atoms with Gasteiger partial charge in [0.05, 0.1) is 22.9 Å². The van der Waals surface area contributed by atoms with Crippen LogP contribution in [0.2, 0.25) is 0 Å². The highest BCUT2D eigenvalue weighted by atomic mass is 32.2. The second-order valence-electron chi connectivity index (χ2n) is 6.81. The van der Waals surface area contributed by atoms with Crippen molar-refractivity contribution in [3.05, 3.63) is 95.3 Å². The van der Waals surface area contributed by atoms with Gasteiger partial charge < -0.3 is 10.2 Å². The highest BCUT2D eigenvalue weighted by Crippen LogP contribution is 2.24. The first-order chi connectivity index (χ1) is 15.0. The van der Waals surface area contributed by atoms with Crippen molar-refractivity contribution in [3.63, 3.8) is 0 Å². The Kier molecular flexibility index (Phi) is 7.41. The van der Waals surface area contributed by atoms with Gasteiger partial charge in [0.25, 0.3) is 5.91 Å². The number of hydrogen-bond donors (Lipinski definition) is 1. The summed E-state index contributed by atoms with van der Waals surface area (Å²) >= 11 is 1.26. The van der Waals surface area contributed by atoms with Gasteiger partial charge in [-0.05, 0) is 48.0 Å². The Morgan fingerprint density at radius 3 is 2.55 bits per heavy atom. The number of benzene rings is 3. The number of nitriles is 1. The number of carbonyl (C=O) groups excluding carboxylic acids is 2. The molecule has 7 heteroatoms. The van der Waals surface area contributed by atoms with Crippen LogP contribution >= 0.6 is 11.8 Å². The SMILES string of the molecule is CN(Cc1ccc(F)cc1)C(=O)c1ccccc1SCC(=O)Nc1cccc(C#N)c1. The predicted molar refractivity (Wildman–Crippen MR) is 119 cm³/mol. The molecule has 0 aliphatic heterocycles. The molecule has 1 N–H and O–H groups in total. The smallest absolute Gasteiger partial charge is 0.255 e. The lowest BCUT2D eigenvalue weighted by atomic mass is 10.1. The van der Waals surface area contributed by atoms with Gasteiger partial charge in [0.15, 0.2) is 0 Å². The summed E-state index contributed by atoms with van der Waals surface area (Å²) in [7, 11) is 1.68. The van der Waals surface area contributed by atoms with Crippen molar-refractivity contribution in [1.29, 1.82) is 5.26 Å². The van der Waals surface area contributed by atoms with E-state index in [1.165, 1.54) is 23.9 Å². The molecule has 156 valence electrons. The molecule has 31 heavy (non-hydrogen) atoms. The Morgan fingerprint density at radius 1 is 1.06 bits per heavy atom. The third kappa shape index (κ3) is 6.17. The molecule has 0 radical (unpaired) electrons. The van der Waals surface area contributed by atoms with Gasteiger partial charge in [0.2, 0.25) is 5.91 Å². The third-order valence-corrected chi connectivity index (χ3v) is 5.50. The number of nitrogens with one attached hydrogen (secondary N) is 1. The first kappa shape index (κ1) is 22.1. The van der Waals surface area contributed by atoms with E-state index < -0.39 is 0 Å². The molecular formula is C24H20FN3O2S. The van der Waals surface area contributed by atoms with E-state index in [9.17, 15) is 14.0 Å². The summed E-state index contributed by atoms with van der Waals surface area (Å²) in [4.78, 5) is 27.5. The first-order valence-electron chi connectivity index (χ1n) is 9.48. The molecular weight excluding hydrogens is 413 g/mol. The number of rotatable bonds is 7. The van der Waals surface area contributed by atoms with Crippen LogP contribution in [0.1, 0.15) is 21.5 Å². The fourth-order valence-corrected chi connectivity index (χ4v) is 3.76. The normalized spacial score (nSPS) is 10.2. The average molecular weight is 434 g/mol. The molecule has 0 fully saturated rings. The summed E-state index contributed by atoms with van der Waals surface area (Å²) in [5.74, 6) is -0.628. The van der Waals surface area contributed by atoms with Crippen LogP contribution in [0.3, 0.4) is 0 Å². The largest absolute Gasteiger partial charge is 0.337 e. The van der Waals surface area contributed by atoms with Crippen LogP contribution in [-0.4, -0.2) is 29.5 Å². The molecule has 0 heterocycles. The van der Waals surface area contributed by atoms with Crippen molar-refractivity contribution >= 4 is 29.3 Å². The van der Waals surface area contributed by atoms with Gasteiger partial charge in [-0.2, -0.15) is 5.26 Å². The first-order valence-corrected chi connectivity index (χ1v) is 10.5. The van der Waals surface area contributed by atoms with Crippen LogP contribution in [0, 0.1) is 17.1 Å². The van der Waals surface area contributed by atoms with Gasteiger partial charge in [-0.25, -0.2) is 4.39 Å². The van der Waals surface area contributed by atoms with Crippen LogP contribution in [0.5, 0.6) is 0 Å². The third-order valence-electron chi connectivity index (χ3n) is 4.43. The van der Waals surface area contributed by atoms with Gasteiger partial charge in [0.1, 0.15) is 5.82 Å². The maximum Gasteiger partial charge on any atom is 0.255 e. The molecule has 3 rings (SSSR count). The van der Waals surface area contributed by atoms with Crippen molar-refractivity contribution in [2.75, 3.05) is 18.1 Å². The summed E-state index contributed by atoms with van der Waals surface area (Å²) in [6.07, 6.45) is 0. The average Bonchev–Trinajstić information content (AvgIpc) is 2.79. The second-order valence-corrected chi connectivity index (χ2v) is 7.83. The fourth-order valence-electron chi connectivity index (χ4n) is 2.92. The lowest BCUT2D eigenvalue weighted by Gasteiger charge is -2.19. The fraction of sp³-hybridized carbons (Fsp3) is 0.125. The minimum Gasteiger partial charge on any atom is -0.337 e. The minimum atomic E-state index is -0.322. The number of nitrogens with zero attached hydrogens (tertiary/aromatic N) is 2. The van der Waals surface area contributed by atoms with Crippen LogP contribution in [0.25, 0.3) is 0 Å². The number of amides is 2. The molecule has 0 saturated heterocycles. The highest BCUT2D eigenvalue weighted by molar-refractivity contribution is 8.00. The quantitative estimate of drug-likeness (QED) is 0.548. The van der Waals surface area contributed by atoms with E-state index in [2.05, 4.69) is 5.32 Å². The molecule has 0 aromatic heterocycles. The Labute approximate surface area is 184 Å². The Balaban J connectivity index is 1.64. The summed E-state index contributed by atoms with van der Waals surface area (Å²) in [6.45, 7) is 0.341. The Hall–Kier alpha value is -3.63. The number of hydrogen-bond acceptors (Lipinski definition) is 4. The van der Waals surface area contributed by atoms with Crippen LogP contribution in [0.15, 0.2) is 77.7 Å². The van der Waals surface area contributed by atoms with Crippen LogP contribution in [0.4, 0.5) is 10.1 Å². The van der Waals surface area contributed by atoms with Crippen molar-refractivity contribution < 1.29 is 14.0 Å². The van der Waals surface area contributed by atoms with E-state index in [1.54, 1.807) is 66.5 Å². The Bertz CT molecular complexity index is 1130. The maximum atomic E-state index is 13.1. The van der Waals surface area contributed by atoms with E-state index in [0.717, 1.165) is 5.56 Å². The van der Waals surface area contributed by atoms with Crippen molar-refractivity contribution in [2.24, 2.45) is 0 Å². The molecule has 0 aliphatic carbocycles. The van der Waals surface area contributed by atoms with E-state index in [0.29, 0.717) is 28.3 Å². The van der Waals surface area contributed by atoms with Crippen molar-refractivity contribution in [1.82, 2.24) is 4.90 Å². The number of anilines is 1. The summed E-state index contributed by atoms with van der Waals surface area (Å²) in [6, 6.07) is 21.8. The molecule has 2 amide bonds. The molecule has 0 atom stereocenters. The monoisotopic (exact) mass is 433 g/mol. The molecule has 0 saturated carbocycles. The maximum absolute atomic E-state index is 13.1. The molecule has 3 aromatic carbocycles. The number of carbonyl (C=O) groups is 2. The molecule has 0 aliphatic rings. The molecule has 0 spiro atoms. The van der Waals surface area contributed by atoms with Crippen LogP contribution < -0.4 is 5.32 Å². The number of halogens is 1. The van der Waals surface area contributed by atoms with E-state index in [4.69, 9.17) is 5.26 Å². The zero-order valence-electron chi connectivity index (χ0n) is 16.8. The molecule has 0 unspecified atom stereocenters.